The van der Waals surface area contributed by atoms with Crippen LogP contribution in [0, 0.1) is 0 Å². The second-order valence-electron chi connectivity index (χ2n) is 8.61. The van der Waals surface area contributed by atoms with E-state index in [2.05, 4.69) is 63.6 Å². The normalized spacial score (nSPS) is 14.2. The molecule has 5 rings (SSSR count). The highest BCUT2D eigenvalue weighted by Crippen LogP contribution is 2.37. The van der Waals surface area contributed by atoms with Crippen LogP contribution in [0.3, 0.4) is 0 Å². The number of amides is 1. The summed E-state index contributed by atoms with van der Waals surface area (Å²) in [5.74, 6) is 0.448. The van der Waals surface area contributed by atoms with Crippen LogP contribution in [0.1, 0.15) is 26.8 Å². The number of hydrogen-bond donors (Lipinski definition) is 1. The molecule has 1 amide bonds. The van der Waals surface area contributed by atoms with Crippen LogP contribution in [0.2, 0.25) is 5.02 Å². The molecular weight excluding hydrogens is 510 g/mol. The smallest absolute Gasteiger partial charge is 0.269 e. The molecule has 4 aromatic rings. The molecule has 1 aliphatic rings. The topological polar surface area (TPSA) is 44.8 Å². The Morgan fingerprint density at radius 3 is 2.17 bits per heavy atom. The summed E-state index contributed by atoms with van der Waals surface area (Å²) in [5.41, 5.74) is 2.54. The molecule has 1 aliphatic heterocycles. The Morgan fingerprint density at radius 2 is 1.58 bits per heavy atom. The molecule has 0 atom stereocenters. The SMILES string of the molecule is COc1ccc2c(Cl)c(C(=O)NC(=S)N3CCN(C(c4ccccc4)c4ccccc4)CC3)sc2c1. The lowest BCUT2D eigenvalue weighted by Crippen LogP contribution is -2.53. The summed E-state index contributed by atoms with van der Waals surface area (Å²) < 4.78 is 6.19. The van der Waals surface area contributed by atoms with Gasteiger partial charge in [-0.3, -0.25) is 15.0 Å². The number of methoxy groups -OCH3 is 1. The third kappa shape index (κ3) is 5.11. The highest BCUT2D eigenvalue weighted by atomic mass is 35.5. The largest absolute Gasteiger partial charge is 0.497 e. The zero-order chi connectivity index (χ0) is 25.1. The summed E-state index contributed by atoms with van der Waals surface area (Å²) in [7, 11) is 1.62. The van der Waals surface area contributed by atoms with Gasteiger partial charge in [0.1, 0.15) is 10.6 Å². The Morgan fingerprint density at radius 1 is 0.972 bits per heavy atom. The number of ether oxygens (including phenoxy) is 1. The van der Waals surface area contributed by atoms with Gasteiger partial charge in [0, 0.05) is 36.3 Å². The van der Waals surface area contributed by atoms with Crippen molar-refractivity contribution in [2.24, 2.45) is 0 Å². The van der Waals surface area contributed by atoms with Crippen molar-refractivity contribution < 1.29 is 9.53 Å². The molecule has 0 spiro atoms. The number of thiocarbonyl (C=S) groups is 1. The molecule has 0 aliphatic carbocycles. The maximum atomic E-state index is 13.0. The molecule has 2 heterocycles. The van der Waals surface area contributed by atoms with Crippen LogP contribution in [0.4, 0.5) is 0 Å². The van der Waals surface area contributed by atoms with Gasteiger partial charge in [0.05, 0.1) is 18.2 Å². The summed E-state index contributed by atoms with van der Waals surface area (Å²) in [6.07, 6.45) is 0. The van der Waals surface area contributed by atoms with Gasteiger partial charge in [-0.25, -0.2) is 0 Å². The first kappa shape index (κ1) is 24.7. The summed E-state index contributed by atoms with van der Waals surface area (Å²) in [5, 5.41) is 4.60. The number of piperazine rings is 1. The Balaban J connectivity index is 1.26. The molecule has 0 radical (unpaired) electrons. The lowest BCUT2D eigenvalue weighted by Gasteiger charge is -2.40. The van der Waals surface area contributed by atoms with Gasteiger partial charge in [-0.1, -0.05) is 72.3 Å². The Hall–Kier alpha value is -2.97. The predicted molar refractivity (Wildman–Crippen MR) is 151 cm³/mol. The molecule has 0 saturated carbocycles. The molecule has 184 valence electrons. The third-order valence-corrected chi connectivity index (χ3v) is 8.48. The number of benzene rings is 3. The van der Waals surface area contributed by atoms with E-state index in [9.17, 15) is 4.79 Å². The van der Waals surface area contributed by atoms with Crippen molar-refractivity contribution >= 4 is 56.3 Å². The summed E-state index contributed by atoms with van der Waals surface area (Å²) >= 11 is 13.5. The van der Waals surface area contributed by atoms with Gasteiger partial charge < -0.3 is 9.64 Å². The van der Waals surface area contributed by atoms with Crippen LogP contribution >= 0.6 is 35.2 Å². The van der Waals surface area contributed by atoms with Gasteiger partial charge in [0.25, 0.3) is 5.91 Å². The van der Waals surface area contributed by atoms with Crippen LogP contribution in [-0.2, 0) is 0 Å². The van der Waals surface area contributed by atoms with Crippen molar-refractivity contribution in [3.8, 4) is 5.75 Å². The third-order valence-electron chi connectivity index (χ3n) is 6.46. The number of nitrogens with one attached hydrogen (secondary N) is 1. The number of carbonyl (C=O) groups excluding carboxylic acids is 1. The van der Waals surface area contributed by atoms with Crippen molar-refractivity contribution in [2.45, 2.75) is 6.04 Å². The van der Waals surface area contributed by atoms with E-state index in [-0.39, 0.29) is 11.9 Å². The van der Waals surface area contributed by atoms with E-state index in [1.807, 2.05) is 30.3 Å². The Bertz CT molecular complexity index is 1330. The van der Waals surface area contributed by atoms with Crippen molar-refractivity contribution in [3.63, 3.8) is 0 Å². The number of halogens is 1. The van der Waals surface area contributed by atoms with E-state index < -0.39 is 0 Å². The van der Waals surface area contributed by atoms with Gasteiger partial charge in [0.15, 0.2) is 5.11 Å². The molecule has 36 heavy (non-hydrogen) atoms. The lowest BCUT2D eigenvalue weighted by molar-refractivity contribution is 0.0971. The van der Waals surface area contributed by atoms with E-state index in [0.29, 0.717) is 15.0 Å². The molecule has 1 saturated heterocycles. The Labute approximate surface area is 225 Å². The second kappa shape index (κ2) is 11.0. The van der Waals surface area contributed by atoms with Crippen molar-refractivity contribution in [1.82, 2.24) is 15.1 Å². The summed E-state index contributed by atoms with van der Waals surface area (Å²) in [6, 6.07) is 26.9. The van der Waals surface area contributed by atoms with Gasteiger partial charge in [-0.05, 0) is 41.5 Å². The number of carbonyl (C=O) groups is 1. The number of hydrogen-bond acceptors (Lipinski definition) is 5. The van der Waals surface area contributed by atoms with E-state index in [0.717, 1.165) is 42.0 Å². The summed E-state index contributed by atoms with van der Waals surface area (Å²) in [6.45, 7) is 3.11. The maximum Gasteiger partial charge on any atom is 0.269 e. The molecule has 1 fully saturated rings. The van der Waals surface area contributed by atoms with E-state index in [4.69, 9.17) is 28.6 Å². The van der Waals surface area contributed by atoms with E-state index >= 15 is 0 Å². The minimum Gasteiger partial charge on any atom is -0.497 e. The molecular formula is C28H26ClN3O2S2. The van der Waals surface area contributed by atoms with Crippen molar-refractivity contribution in [3.05, 3.63) is 99.9 Å². The van der Waals surface area contributed by atoms with Crippen molar-refractivity contribution in [2.75, 3.05) is 33.3 Å². The first-order chi connectivity index (χ1) is 17.5. The van der Waals surface area contributed by atoms with Gasteiger partial charge >= 0.3 is 0 Å². The van der Waals surface area contributed by atoms with Crippen LogP contribution < -0.4 is 10.1 Å². The minimum atomic E-state index is -0.279. The zero-order valence-electron chi connectivity index (χ0n) is 19.8. The van der Waals surface area contributed by atoms with Crippen LogP contribution in [-0.4, -0.2) is 54.1 Å². The molecule has 8 heteroatoms. The highest BCUT2D eigenvalue weighted by Gasteiger charge is 2.28. The van der Waals surface area contributed by atoms with Gasteiger partial charge in [-0.2, -0.15) is 0 Å². The predicted octanol–water partition coefficient (Wildman–Crippen LogP) is 5.99. The van der Waals surface area contributed by atoms with Crippen LogP contribution in [0.25, 0.3) is 10.1 Å². The first-order valence-corrected chi connectivity index (χ1v) is 13.4. The van der Waals surface area contributed by atoms with E-state index in [1.54, 1.807) is 7.11 Å². The van der Waals surface area contributed by atoms with E-state index in [1.165, 1.54) is 22.5 Å². The standard InChI is InChI=1S/C28H26ClN3O2S2/c1-34-21-12-13-22-23(18-21)36-26(24(22)29)27(33)30-28(35)32-16-14-31(15-17-32)25(19-8-4-2-5-9-19)20-10-6-3-7-11-20/h2-13,18,25H,14-17H2,1H3,(H,30,33,35). The average molecular weight is 536 g/mol. The fourth-order valence-electron chi connectivity index (χ4n) is 4.62. The first-order valence-electron chi connectivity index (χ1n) is 11.8. The molecule has 3 aromatic carbocycles. The molecule has 1 aromatic heterocycles. The van der Waals surface area contributed by atoms with Crippen molar-refractivity contribution in [1.29, 1.82) is 0 Å². The summed E-state index contributed by atoms with van der Waals surface area (Å²) in [4.78, 5) is 18.0. The molecule has 0 unspecified atom stereocenters. The average Bonchev–Trinajstić information content (AvgIpc) is 3.26. The molecule has 5 nitrogen and oxygen atoms in total. The number of nitrogens with zero attached hydrogens (tertiary/aromatic N) is 2. The lowest BCUT2D eigenvalue weighted by atomic mass is 9.96. The minimum absolute atomic E-state index is 0.173. The van der Waals surface area contributed by atoms with Crippen LogP contribution in [0.5, 0.6) is 5.75 Å². The van der Waals surface area contributed by atoms with Gasteiger partial charge in [-0.15, -0.1) is 11.3 Å². The molecule has 1 N–H and O–H groups in total. The molecule has 0 bridgehead atoms. The monoisotopic (exact) mass is 535 g/mol. The number of rotatable bonds is 5. The highest BCUT2D eigenvalue weighted by molar-refractivity contribution is 7.80. The second-order valence-corrected chi connectivity index (χ2v) is 10.4. The number of fused-ring (bicyclic) bond motifs is 1. The zero-order valence-corrected chi connectivity index (χ0v) is 22.2. The maximum absolute atomic E-state index is 13.0. The van der Waals surface area contributed by atoms with Crippen LogP contribution in [0.15, 0.2) is 78.9 Å². The fraction of sp³-hybridized carbons (Fsp3) is 0.214. The number of thiophene rings is 1. The Kier molecular flexibility index (Phi) is 7.53. The fourth-order valence-corrected chi connectivity index (χ4v) is 6.34. The quantitative estimate of drug-likeness (QED) is 0.318. The van der Waals surface area contributed by atoms with Gasteiger partial charge in [0.2, 0.25) is 0 Å².